The maximum atomic E-state index is 13.5. The Kier molecular flexibility index (Phi) is 1.97. The summed E-state index contributed by atoms with van der Waals surface area (Å²) in [5.74, 6) is -0.367. The molecule has 0 amide bonds. The highest BCUT2D eigenvalue weighted by Gasteiger charge is 2.05. The van der Waals surface area contributed by atoms with Crippen molar-refractivity contribution in [2.75, 3.05) is 0 Å². The molecule has 0 bridgehead atoms. The van der Waals surface area contributed by atoms with Gasteiger partial charge in [-0.05, 0) is 23.7 Å². The van der Waals surface area contributed by atoms with Crippen molar-refractivity contribution in [1.82, 2.24) is 15.0 Å². The fourth-order valence-electron chi connectivity index (χ4n) is 1.59. The number of hydrogen-bond donors (Lipinski definition) is 0. The van der Waals surface area contributed by atoms with E-state index in [4.69, 9.17) is 11.6 Å². The Labute approximate surface area is 94.9 Å². The van der Waals surface area contributed by atoms with Crippen LogP contribution in [-0.4, -0.2) is 15.0 Å². The standard InChI is InChI=1S/C11H5ClFN3/c12-11-14-5-7-4-6-2-1-3-8(13)9(6)15-10(7)16-11/h1-5H. The molecule has 0 N–H and O–H groups in total. The third-order valence-electron chi connectivity index (χ3n) is 2.31. The van der Waals surface area contributed by atoms with Crippen LogP contribution < -0.4 is 0 Å². The molecule has 16 heavy (non-hydrogen) atoms. The van der Waals surface area contributed by atoms with E-state index >= 15 is 0 Å². The highest BCUT2D eigenvalue weighted by Crippen LogP contribution is 2.20. The molecule has 2 heterocycles. The van der Waals surface area contributed by atoms with E-state index in [0.29, 0.717) is 11.2 Å². The van der Waals surface area contributed by atoms with Gasteiger partial charge in [-0.25, -0.2) is 14.4 Å². The van der Waals surface area contributed by atoms with Gasteiger partial charge in [0.2, 0.25) is 5.28 Å². The molecule has 78 valence electrons. The van der Waals surface area contributed by atoms with Gasteiger partial charge in [0.05, 0.1) is 0 Å². The van der Waals surface area contributed by atoms with Crippen LogP contribution in [0.1, 0.15) is 0 Å². The highest BCUT2D eigenvalue weighted by molar-refractivity contribution is 6.28. The molecule has 1 aromatic carbocycles. The van der Waals surface area contributed by atoms with Crippen molar-refractivity contribution in [1.29, 1.82) is 0 Å². The average molecular weight is 234 g/mol. The SMILES string of the molecule is Fc1cccc2cc3cnc(Cl)nc3nc12. The topological polar surface area (TPSA) is 38.7 Å². The summed E-state index contributed by atoms with van der Waals surface area (Å²) < 4.78 is 13.5. The van der Waals surface area contributed by atoms with Crippen molar-refractivity contribution in [2.24, 2.45) is 0 Å². The molecule has 0 aliphatic carbocycles. The summed E-state index contributed by atoms with van der Waals surface area (Å²) in [6.45, 7) is 0. The summed E-state index contributed by atoms with van der Waals surface area (Å²) in [5.41, 5.74) is 0.697. The maximum Gasteiger partial charge on any atom is 0.224 e. The molecule has 0 unspecified atom stereocenters. The Morgan fingerprint density at radius 3 is 2.88 bits per heavy atom. The first kappa shape index (κ1) is 9.42. The van der Waals surface area contributed by atoms with Crippen LogP contribution in [0.5, 0.6) is 0 Å². The molecule has 2 aromatic heterocycles. The van der Waals surface area contributed by atoms with E-state index < -0.39 is 0 Å². The van der Waals surface area contributed by atoms with Gasteiger partial charge in [0.15, 0.2) is 5.65 Å². The second-order valence-electron chi connectivity index (χ2n) is 3.35. The van der Waals surface area contributed by atoms with Crippen molar-refractivity contribution in [2.45, 2.75) is 0 Å². The molecular weight excluding hydrogens is 229 g/mol. The zero-order valence-corrected chi connectivity index (χ0v) is 8.74. The fraction of sp³-hybridized carbons (Fsp3) is 0. The summed E-state index contributed by atoms with van der Waals surface area (Å²) in [5, 5.41) is 1.57. The van der Waals surface area contributed by atoms with Gasteiger partial charge in [0.25, 0.3) is 0 Å². The van der Waals surface area contributed by atoms with Crippen LogP contribution in [0, 0.1) is 5.82 Å². The minimum absolute atomic E-state index is 0.107. The molecular formula is C11H5ClFN3. The number of hydrogen-bond acceptors (Lipinski definition) is 3. The summed E-state index contributed by atoms with van der Waals surface area (Å²) in [7, 11) is 0. The summed E-state index contributed by atoms with van der Waals surface area (Å²) >= 11 is 5.65. The number of fused-ring (bicyclic) bond motifs is 2. The summed E-state index contributed by atoms with van der Waals surface area (Å²) in [4.78, 5) is 11.9. The smallest absolute Gasteiger partial charge is 0.224 e. The van der Waals surface area contributed by atoms with Crippen LogP contribution in [0.25, 0.3) is 21.9 Å². The quantitative estimate of drug-likeness (QED) is 0.443. The fourth-order valence-corrected chi connectivity index (χ4v) is 1.72. The number of nitrogens with zero attached hydrogens (tertiary/aromatic N) is 3. The molecule has 3 rings (SSSR count). The van der Waals surface area contributed by atoms with Gasteiger partial charge in [-0.1, -0.05) is 12.1 Å². The Balaban J connectivity index is 2.49. The Bertz CT molecular complexity index is 699. The molecule has 0 saturated carbocycles. The summed E-state index contributed by atoms with van der Waals surface area (Å²) in [6.07, 6.45) is 1.57. The predicted octanol–water partition coefficient (Wildman–Crippen LogP) is 2.97. The van der Waals surface area contributed by atoms with Gasteiger partial charge in [-0.15, -0.1) is 0 Å². The molecule has 5 heteroatoms. The molecule has 3 aromatic rings. The molecule has 0 fully saturated rings. The van der Waals surface area contributed by atoms with Crippen LogP contribution in [0.2, 0.25) is 5.28 Å². The Morgan fingerprint density at radius 1 is 1.12 bits per heavy atom. The zero-order valence-electron chi connectivity index (χ0n) is 7.98. The molecule has 0 aliphatic heterocycles. The third-order valence-corrected chi connectivity index (χ3v) is 2.50. The van der Waals surface area contributed by atoms with Gasteiger partial charge >= 0.3 is 0 Å². The minimum atomic E-state index is -0.367. The average Bonchev–Trinajstić information content (AvgIpc) is 2.28. The van der Waals surface area contributed by atoms with E-state index in [1.165, 1.54) is 6.07 Å². The number of aromatic nitrogens is 3. The van der Waals surface area contributed by atoms with Crippen LogP contribution in [0.3, 0.4) is 0 Å². The van der Waals surface area contributed by atoms with Crippen molar-refractivity contribution < 1.29 is 4.39 Å². The molecule has 0 atom stereocenters. The molecule has 0 saturated heterocycles. The minimum Gasteiger partial charge on any atom is -0.226 e. The van der Waals surface area contributed by atoms with Crippen molar-refractivity contribution in [3.63, 3.8) is 0 Å². The first-order valence-corrected chi connectivity index (χ1v) is 4.99. The number of benzene rings is 1. The predicted molar refractivity (Wildman–Crippen MR) is 59.8 cm³/mol. The van der Waals surface area contributed by atoms with Gasteiger partial charge in [-0.2, -0.15) is 4.98 Å². The first-order chi connectivity index (χ1) is 7.74. The lowest BCUT2D eigenvalue weighted by atomic mass is 10.2. The maximum absolute atomic E-state index is 13.5. The summed E-state index contributed by atoms with van der Waals surface area (Å²) in [6, 6.07) is 6.59. The largest absolute Gasteiger partial charge is 0.226 e. The lowest BCUT2D eigenvalue weighted by molar-refractivity contribution is 0.637. The van der Waals surface area contributed by atoms with Gasteiger partial charge in [-0.3, -0.25) is 0 Å². The van der Waals surface area contributed by atoms with Gasteiger partial charge < -0.3 is 0 Å². The third kappa shape index (κ3) is 1.39. The second kappa shape index (κ2) is 3.35. The Morgan fingerprint density at radius 2 is 2.00 bits per heavy atom. The number of halogens is 2. The molecule has 0 radical (unpaired) electrons. The normalized spacial score (nSPS) is 11.1. The second-order valence-corrected chi connectivity index (χ2v) is 3.69. The van der Waals surface area contributed by atoms with Gasteiger partial charge in [0, 0.05) is 17.0 Å². The zero-order chi connectivity index (χ0) is 11.1. The van der Waals surface area contributed by atoms with E-state index in [2.05, 4.69) is 15.0 Å². The number of rotatable bonds is 0. The van der Waals surface area contributed by atoms with Crippen molar-refractivity contribution in [3.8, 4) is 0 Å². The Hall–Kier alpha value is -1.81. The van der Waals surface area contributed by atoms with Crippen molar-refractivity contribution in [3.05, 3.63) is 41.6 Å². The van der Waals surface area contributed by atoms with E-state index in [-0.39, 0.29) is 11.1 Å². The van der Waals surface area contributed by atoms with Crippen LogP contribution in [0.15, 0.2) is 30.5 Å². The monoisotopic (exact) mass is 233 g/mol. The molecule has 0 spiro atoms. The van der Waals surface area contributed by atoms with E-state index in [9.17, 15) is 4.39 Å². The lowest BCUT2D eigenvalue weighted by Gasteiger charge is -2.01. The number of para-hydroxylation sites is 1. The van der Waals surface area contributed by atoms with E-state index in [1.54, 1.807) is 24.4 Å². The van der Waals surface area contributed by atoms with Crippen LogP contribution in [0.4, 0.5) is 4.39 Å². The van der Waals surface area contributed by atoms with Crippen molar-refractivity contribution >= 4 is 33.5 Å². The number of pyridine rings is 1. The van der Waals surface area contributed by atoms with Crippen LogP contribution >= 0.6 is 11.6 Å². The van der Waals surface area contributed by atoms with E-state index in [0.717, 1.165) is 10.8 Å². The highest BCUT2D eigenvalue weighted by atomic mass is 35.5. The van der Waals surface area contributed by atoms with E-state index in [1.807, 2.05) is 0 Å². The van der Waals surface area contributed by atoms with Gasteiger partial charge in [0.1, 0.15) is 11.3 Å². The first-order valence-electron chi connectivity index (χ1n) is 4.61. The molecule has 3 nitrogen and oxygen atoms in total. The van der Waals surface area contributed by atoms with Crippen LogP contribution in [-0.2, 0) is 0 Å². The molecule has 0 aliphatic rings. The lowest BCUT2D eigenvalue weighted by Crippen LogP contribution is -1.90.